The minimum absolute atomic E-state index is 0.0958. The molecular formula is C13H22O. The molecule has 1 fully saturated rings. The highest BCUT2D eigenvalue weighted by atomic mass is 16.5. The van der Waals surface area contributed by atoms with Gasteiger partial charge in [0.1, 0.15) is 0 Å². The molecule has 2 aliphatic rings. The zero-order valence-electron chi connectivity index (χ0n) is 9.84. The van der Waals surface area contributed by atoms with Crippen LogP contribution in [0.2, 0.25) is 0 Å². The maximum Gasteiger partial charge on any atom is 0.0632 e. The fraction of sp³-hybridized carbons (Fsp3) is 0.846. The fourth-order valence-electron chi connectivity index (χ4n) is 2.83. The van der Waals surface area contributed by atoms with Gasteiger partial charge in [-0.2, -0.15) is 0 Å². The van der Waals surface area contributed by atoms with Crippen molar-refractivity contribution in [1.29, 1.82) is 0 Å². The first kappa shape index (κ1) is 10.2. The number of fused-ring (bicyclic) bond motifs is 1. The van der Waals surface area contributed by atoms with Crippen LogP contribution in [-0.2, 0) is 4.74 Å². The molecule has 1 saturated heterocycles. The van der Waals surface area contributed by atoms with E-state index >= 15 is 0 Å². The van der Waals surface area contributed by atoms with Crippen LogP contribution in [0.5, 0.6) is 0 Å². The fourth-order valence-corrected chi connectivity index (χ4v) is 2.83. The first-order valence-corrected chi connectivity index (χ1v) is 5.80. The summed E-state index contributed by atoms with van der Waals surface area (Å²) in [5, 5.41) is 0. The minimum atomic E-state index is 0.0958. The minimum Gasteiger partial charge on any atom is -0.375 e. The number of hydrogen-bond acceptors (Lipinski definition) is 1. The van der Waals surface area contributed by atoms with Crippen molar-refractivity contribution in [2.24, 2.45) is 17.8 Å². The normalized spacial score (nSPS) is 41.4. The Hall–Kier alpha value is -0.300. The predicted molar refractivity (Wildman–Crippen MR) is 59.2 cm³/mol. The Balaban J connectivity index is 2.14. The molecule has 0 radical (unpaired) electrons. The van der Waals surface area contributed by atoms with Gasteiger partial charge in [0.15, 0.2) is 0 Å². The van der Waals surface area contributed by atoms with Crippen LogP contribution in [0.4, 0.5) is 0 Å². The standard InChI is InChI=1S/C13H22O/c1-9-5-11-7-13(3,4)14-8-12(11)6-10(9)2/h5,10-12H,6-8H2,1-4H3/t10-,11+,12+/m1/s1. The van der Waals surface area contributed by atoms with Crippen molar-refractivity contribution in [3.8, 4) is 0 Å². The van der Waals surface area contributed by atoms with Crippen molar-refractivity contribution in [2.75, 3.05) is 6.61 Å². The Labute approximate surface area is 87.5 Å². The van der Waals surface area contributed by atoms with E-state index in [0.717, 1.165) is 24.4 Å². The molecule has 0 unspecified atom stereocenters. The lowest BCUT2D eigenvalue weighted by Crippen LogP contribution is -2.41. The topological polar surface area (TPSA) is 9.23 Å². The van der Waals surface area contributed by atoms with Gasteiger partial charge < -0.3 is 4.74 Å². The second-order valence-electron chi connectivity index (χ2n) is 5.75. The average Bonchev–Trinajstić information content (AvgIpc) is 2.07. The molecule has 0 bridgehead atoms. The third-order valence-corrected chi connectivity index (χ3v) is 3.93. The van der Waals surface area contributed by atoms with Crippen LogP contribution in [0, 0.1) is 17.8 Å². The number of rotatable bonds is 0. The molecule has 0 aromatic carbocycles. The van der Waals surface area contributed by atoms with Crippen LogP contribution >= 0.6 is 0 Å². The van der Waals surface area contributed by atoms with Crippen molar-refractivity contribution in [3.63, 3.8) is 0 Å². The Bertz CT molecular complexity index is 252. The number of hydrogen-bond donors (Lipinski definition) is 0. The highest BCUT2D eigenvalue weighted by molar-refractivity contribution is 5.12. The maximum atomic E-state index is 5.89. The predicted octanol–water partition coefficient (Wildman–Crippen LogP) is 3.40. The van der Waals surface area contributed by atoms with Gasteiger partial charge in [-0.1, -0.05) is 18.6 Å². The van der Waals surface area contributed by atoms with E-state index in [1.165, 1.54) is 12.8 Å². The molecule has 0 aromatic rings. The lowest BCUT2D eigenvalue weighted by Gasteiger charge is -2.43. The van der Waals surface area contributed by atoms with Crippen LogP contribution in [0.1, 0.15) is 40.5 Å². The lowest BCUT2D eigenvalue weighted by molar-refractivity contribution is -0.0987. The summed E-state index contributed by atoms with van der Waals surface area (Å²) < 4.78 is 5.89. The molecule has 1 heteroatoms. The molecular weight excluding hydrogens is 172 g/mol. The van der Waals surface area contributed by atoms with E-state index in [4.69, 9.17) is 4.74 Å². The Morgan fingerprint density at radius 1 is 1.43 bits per heavy atom. The monoisotopic (exact) mass is 194 g/mol. The zero-order chi connectivity index (χ0) is 10.3. The van der Waals surface area contributed by atoms with Gasteiger partial charge in [0.05, 0.1) is 12.2 Å². The van der Waals surface area contributed by atoms with Crippen molar-refractivity contribution in [3.05, 3.63) is 11.6 Å². The summed E-state index contributed by atoms with van der Waals surface area (Å²) in [6.45, 7) is 10.0. The molecule has 80 valence electrons. The van der Waals surface area contributed by atoms with Crippen LogP contribution in [0.3, 0.4) is 0 Å². The molecule has 1 aliphatic carbocycles. The molecule has 14 heavy (non-hydrogen) atoms. The van der Waals surface area contributed by atoms with Crippen molar-refractivity contribution >= 4 is 0 Å². The van der Waals surface area contributed by atoms with Crippen LogP contribution in [-0.4, -0.2) is 12.2 Å². The first-order chi connectivity index (χ1) is 6.48. The van der Waals surface area contributed by atoms with Crippen molar-refractivity contribution in [1.82, 2.24) is 0 Å². The van der Waals surface area contributed by atoms with E-state index in [1.54, 1.807) is 5.57 Å². The van der Waals surface area contributed by atoms with Gasteiger partial charge in [-0.25, -0.2) is 0 Å². The van der Waals surface area contributed by atoms with E-state index in [0.29, 0.717) is 0 Å². The highest BCUT2D eigenvalue weighted by Crippen LogP contribution is 2.41. The Kier molecular flexibility index (Phi) is 2.46. The highest BCUT2D eigenvalue weighted by Gasteiger charge is 2.37. The molecule has 1 aliphatic heterocycles. The molecule has 3 atom stereocenters. The van der Waals surface area contributed by atoms with Gasteiger partial charge in [-0.05, 0) is 51.4 Å². The SMILES string of the molecule is CC1=C[C@H]2CC(C)(C)OC[C@@H]2C[C@H]1C. The van der Waals surface area contributed by atoms with Gasteiger partial charge in [0, 0.05) is 0 Å². The summed E-state index contributed by atoms with van der Waals surface area (Å²) in [4.78, 5) is 0. The Morgan fingerprint density at radius 2 is 2.14 bits per heavy atom. The van der Waals surface area contributed by atoms with E-state index in [9.17, 15) is 0 Å². The molecule has 1 heterocycles. The van der Waals surface area contributed by atoms with E-state index < -0.39 is 0 Å². The molecule has 0 saturated carbocycles. The molecule has 0 aromatic heterocycles. The van der Waals surface area contributed by atoms with Crippen LogP contribution in [0.25, 0.3) is 0 Å². The summed E-state index contributed by atoms with van der Waals surface area (Å²) in [5.41, 5.74) is 1.68. The van der Waals surface area contributed by atoms with Gasteiger partial charge in [0.2, 0.25) is 0 Å². The van der Waals surface area contributed by atoms with E-state index in [-0.39, 0.29) is 5.60 Å². The smallest absolute Gasteiger partial charge is 0.0632 e. The Morgan fingerprint density at radius 3 is 2.86 bits per heavy atom. The van der Waals surface area contributed by atoms with E-state index in [1.807, 2.05) is 0 Å². The maximum absolute atomic E-state index is 5.89. The molecule has 0 N–H and O–H groups in total. The summed E-state index contributed by atoms with van der Waals surface area (Å²) in [7, 11) is 0. The van der Waals surface area contributed by atoms with Gasteiger partial charge >= 0.3 is 0 Å². The summed E-state index contributed by atoms with van der Waals surface area (Å²) >= 11 is 0. The summed E-state index contributed by atoms with van der Waals surface area (Å²) in [5.74, 6) is 2.32. The average molecular weight is 194 g/mol. The molecule has 0 amide bonds. The van der Waals surface area contributed by atoms with Crippen LogP contribution < -0.4 is 0 Å². The number of allylic oxidation sites excluding steroid dienone is 2. The second-order valence-corrected chi connectivity index (χ2v) is 5.75. The second kappa shape index (κ2) is 3.37. The third-order valence-electron chi connectivity index (χ3n) is 3.93. The summed E-state index contributed by atoms with van der Waals surface area (Å²) in [6, 6.07) is 0. The molecule has 1 nitrogen and oxygen atoms in total. The van der Waals surface area contributed by atoms with Crippen molar-refractivity contribution in [2.45, 2.75) is 46.1 Å². The summed E-state index contributed by atoms with van der Waals surface area (Å²) in [6.07, 6.45) is 5.02. The molecule has 0 spiro atoms. The largest absolute Gasteiger partial charge is 0.375 e. The van der Waals surface area contributed by atoms with Gasteiger partial charge in [0.25, 0.3) is 0 Å². The van der Waals surface area contributed by atoms with Crippen molar-refractivity contribution < 1.29 is 4.74 Å². The third kappa shape index (κ3) is 1.88. The number of ether oxygens (including phenoxy) is 1. The van der Waals surface area contributed by atoms with E-state index in [2.05, 4.69) is 33.8 Å². The first-order valence-electron chi connectivity index (χ1n) is 5.80. The van der Waals surface area contributed by atoms with Gasteiger partial charge in [-0.15, -0.1) is 0 Å². The zero-order valence-corrected chi connectivity index (χ0v) is 9.84. The van der Waals surface area contributed by atoms with Gasteiger partial charge in [-0.3, -0.25) is 0 Å². The van der Waals surface area contributed by atoms with Crippen LogP contribution in [0.15, 0.2) is 11.6 Å². The lowest BCUT2D eigenvalue weighted by atomic mass is 9.71. The molecule has 2 rings (SSSR count). The quantitative estimate of drug-likeness (QED) is 0.537.